The van der Waals surface area contributed by atoms with Gasteiger partial charge in [-0.3, -0.25) is 14.4 Å². The molecule has 0 bridgehead atoms. The number of aryl methyl sites for hydroxylation is 1. The van der Waals surface area contributed by atoms with Gasteiger partial charge in [-0.05, 0) is 35.7 Å². The maximum atomic E-state index is 13.9. The van der Waals surface area contributed by atoms with Crippen LogP contribution >= 0.6 is 11.6 Å². The number of fused-ring (bicyclic) bond motifs is 2. The van der Waals surface area contributed by atoms with Gasteiger partial charge in [-0.2, -0.15) is 5.10 Å². The molecule has 6 rings (SSSR count). The second kappa shape index (κ2) is 16.3. The monoisotopic (exact) mass is 780 g/mol. The van der Waals surface area contributed by atoms with Gasteiger partial charge in [0.15, 0.2) is 6.04 Å². The van der Waals surface area contributed by atoms with Gasteiger partial charge in [0.2, 0.25) is 11.3 Å². The van der Waals surface area contributed by atoms with E-state index in [1.807, 2.05) is 81.8 Å². The molecule has 14 heteroatoms. The van der Waals surface area contributed by atoms with E-state index in [-0.39, 0.29) is 69.4 Å². The van der Waals surface area contributed by atoms with E-state index >= 15 is 0 Å². The molecule has 13 nitrogen and oxygen atoms in total. The molecule has 0 spiro atoms. The number of aromatic nitrogens is 2. The fraction of sp³-hybridized carbons (Fsp3) is 0.262. The predicted octanol–water partition coefficient (Wildman–Crippen LogP) is 5.00. The number of nitrogens with one attached hydrogen (secondary N) is 2. The highest BCUT2D eigenvalue weighted by Gasteiger charge is 2.35. The molecule has 4 aromatic carbocycles. The van der Waals surface area contributed by atoms with Crippen molar-refractivity contribution in [1.82, 2.24) is 20.4 Å². The Kier molecular flexibility index (Phi) is 11.5. The van der Waals surface area contributed by atoms with Crippen LogP contribution < -0.4 is 16.1 Å². The molecule has 2 amide bonds. The number of methoxy groups -OCH3 is 1. The van der Waals surface area contributed by atoms with Crippen LogP contribution in [0.3, 0.4) is 0 Å². The number of esters is 1. The van der Waals surface area contributed by atoms with Gasteiger partial charge < -0.3 is 34.5 Å². The number of carbonyl (C=O) groups excluding carboxylic acids is 3. The second-order valence-corrected chi connectivity index (χ2v) is 14.9. The van der Waals surface area contributed by atoms with Crippen LogP contribution in [0.15, 0.2) is 94.3 Å². The van der Waals surface area contributed by atoms with Crippen molar-refractivity contribution >= 4 is 51.3 Å². The number of nitrogens with zero attached hydrogens (tertiary/aromatic N) is 3. The fourth-order valence-electron chi connectivity index (χ4n) is 6.70. The molecule has 0 aliphatic carbocycles. The topological polar surface area (TPSA) is 173 Å². The van der Waals surface area contributed by atoms with Gasteiger partial charge in [-0.25, -0.2) is 9.48 Å². The Hall–Kier alpha value is -6.18. The Morgan fingerprint density at radius 2 is 1.54 bits per heavy atom. The van der Waals surface area contributed by atoms with Crippen LogP contribution in [0.2, 0.25) is 5.02 Å². The number of hydrogen-bond acceptors (Lipinski definition) is 9. The van der Waals surface area contributed by atoms with Crippen LogP contribution in [0, 0.1) is 6.92 Å². The lowest BCUT2D eigenvalue weighted by atomic mass is 10.0. The smallest absolute Gasteiger partial charge is 0.341 e. The molecule has 0 fully saturated rings. The third-order valence-corrected chi connectivity index (χ3v) is 10.1. The molecule has 0 saturated heterocycles. The van der Waals surface area contributed by atoms with Gasteiger partial charge in [0, 0.05) is 38.1 Å². The zero-order chi connectivity index (χ0) is 40.3. The number of ether oxygens (including phenoxy) is 1. The summed E-state index contributed by atoms with van der Waals surface area (Å²) in [7, 11) is 6.97. The summed E-state index contributed by atoms with van der Waals surface area (Å²) >= 11 is 6.24. The number of halogens is 1. The quantitative estimate of drug-likeness (QED) is 0.0716. The van der Waals surface area contributed by atoms with E-state index in [1.54, 1.807) is 13.0 Å². The number of phenolic OH excluding ortho intramolecular Hbond substituents is 2. The van der Waals surface area contributed by atoms with Crippen LogP contribution in [-0.4, -0.2) is 89.1 Å². The summed E-state index contributed by atoms with van der Waals surface area (Å²) in [5.74, 6) is -2.52. The van der Waals surface area contributed by atoms with Crippen molar-refractivity contribution in [3.05, 3.63) is 128 Å². The number of phenols is 2. The van der Waals surface area contributed by atoms with Crippen molar-refractivity contribution in [2.75, 3.05) is 34.8 Å². The summed E-state index contributed by atoms with van der Waals surface area (Å²) < 4.78 is 12.5. The molecule has 0 saturated carbocycles. The molecular formula is C42H43ClN5O8+. The SMILES string of the molecule is COC(=O)c1c(-n2ccc(CCNC(=O)[C@H](Cc3ccccc3)NC(=O)[C@H](Cc3ccccc3)[N+](C)(C)C)n2)c(O)cc2oc3cc(C)c(Cl)c(O)c3c(=O)c12. The predicted molar refractivity (Wildman–Crippen MR) is 212 cm³/mol. The van der Waals surface area contributed by atoms with Crippen LogP contribution in [0.5, 0.6) is 11.5 Å². The Balaban J connectivity index is 1.24. The Bertz CT molecular complexity index is 2490. The van der Waals surface area contributed by atoms with Crippen molar-refractivity contribution < 1.29 is 38.2 Å². The molecule has 290 valence electrons. The first-order chi connectivity index (χ1) is 26.7. The van der Waals surface area contributed by atoms with Gasteiger partial charge in [-0.1, -0.05) is 72.3 Å². The molecular weight excluding hydrogens is 738 g/mol. The molecule has 4 N–H and O–H groups in total. The molecule has 2 aromatic heterocycles. The van der Waals surface area contributed by atoms with Gasteiger partial charge >= 0.3 is 5.97 Å². The molecule has 0 aliphatic rings. The molecule has 0 radical (unpaired) electrons. The zero-order valence-corrected chi connectivity index (χ0v) is 32.4. The van der Waals surface area contributed by atoms with E-state index in [4.69, 9.17) is 20.8 Å². The largest absolute Gasteiger partial charge is 0.506 e. The van der Waals surface area contributed by atoms with E-state index in [1.165, 1.54) is 23.0 Å². The first-order valence-electron chi connectivity index (χ1n) is 17.9. The zero-order valence-electron chi connectivity index (χ0n) is 31.6. The second-order valence-electron chi connectivity index (χ2n) is 14.5. The average molecular weight is 781 g/mol. The average Bonchev–Trinajstić information content (AvgIpc) is 3.63. The highest BCUT2D eigenvalue weighted by atomic mass is 35.5. The summed E-state index contributed by atoms with van der Waals surface area (Å²) in [6.07, 6.45) is 2.48. The molecule has 2 atom stereocenters. The van der Waals surface area contributed by atoms with Crippen LogP contribution in [0.4, 0.5) is 0 Å². The van der Waals surface area contributed by atoms with Crippen molar-refractivity contribution in [2.45, 2.75) is 38.3 Å². The minimum atomic E-state index is -0.961. The van der Waals surface area contributed by atoms with Crippen molar-refractivity contribution in [1.29, 1.82) is 0 Å². The molecule has 2 heterocycles. The van der Waals surface area contributed by atoms with Crippen LogP contribution in [0.25, 0.3) is 27.6 Å². The molecule has 0 unspecified atom stereocenters. The Morgan fingerprint density at radius 1 is 0.911 bits per heavy atom. The normalized spacial score (nSPS) is 12.7. The fourth-order valence-corrected chi connectivity index (χ4v) is 6.85. The Morgan fingerprint density at radius 3 is 2.16 bits per heavy atom. The standard InChI is InChI=1S/C42H42ClN5O8/c1-24-20-31-34(39(51)36(24)43)38(50)33-32(56-31)23-30(49)37(35(33)42(54)55-5)47-19-17-27(46-47)16-18-44-40(52)28(21-25-12-8-6-9-13-25)45-41(53)29(48(2,3)4)22-26-14-10-7-11-15-26/h6-15,17,19-20,23,28-29H,16,18,21-22H2,1-5H3,(H3-,44,45,49,50,51,52,53)/p+1/t28-,29-/m0/s1. The van der Waals surface area contributed by atoms with E-state index in [0.717, 1.165) is 18.2 Å². The Labute approximate surface area is 327 Å². The van der Waals surface area contributed by atoms with Crippen LogP contribution in [-0.2, 0) is 33.6 Å². The van der Waals surface area contributed by atoms with Gasteiger partial charge in [0.05, 0.1) is 44.4 Å². The van der Waals surface area contributed by atoms with Gasteiger partial charge in [-0.15, -0.1) is 0 Å². The summed E-state index contributed by atoms with van der Waals surface area (Å²) in [5.41, 5.74) is 1.46. The lowest BCUT2D eigenvalue weighted by Crippen LogP contribution is -2.59. The van der Waals surface area contributed by atoms with E-state index < -0.39 is 35.0 Å². The number of aromatic hydroxyl groups is 2. The summed E-state index contributed by atoms with van der Waals surface area (Å²) in [6, 6.07) is 22.1. The molecule has 56 heavy (non-hydrogen) atoms. The van der Waals surface area contributed by atoms with E-state index in [0.29, 0.717) is 22.2 Å². The number of amides is 2. The first kappa shape index (κ1) is 39.5. The molecule has 0 aliphatic heterocycles. The maximum absolute atomic E-state index is 13.9. The lowest BCUT2D eigenvalue weighted by Gasteiger charge is -2.34. The van der Waals surface area contributed by atoms with Crippen molar-refractivity contribution in [3.8, 4) is 17.2 Å². The third-order valence-electron chi connectivity index (χ3n) is 9.67. The number of quaternary nitrogens is 1. The third kappa shape index (κ3) is 8.24. The van der Waals surface area contributed by atoms with Gasteiger partial charge in [0.1, 0.15) is 45.3 Å². The summed E-state index contributed by atoms with van der Waals surface area (Å²) in [4.78, 5) is 54.7. The molecule has 6 aromatic rings. The summed E-state index contributed by atoms with van der Waals surface area (Å²) in [6.45, 7) is 1.77. The van der Waals surface area contributed by atoms with Crippen LogP contribution in [0.1, 0.15) is 32.7 Å². The summed E-state index contributed by atoms with van der Waals surface area (Å²) in [5, 5.41) is 31.9. The lowest BCUT2D eigenvalue weighted by molar-refractivity contribution is -0.886. The highest BCUT2D eigenvalue weighted by molar-refractivity contribution is 6.34. The van der Waals surface area contributed by atoms with Crippen molar-refractivity contribution in [3.63, 3.8) is 0 Å². The number of rotatable bonds is 13. The van der Waals surface area contributed by atoms with E-state index in [9.17, 15) is 29.4 Å². The minimum Gasteiger partial charge on any atom is -0.506 e. The maximum Gasteiger partial charge on any atom is 0.341 e. The van der Waals surface area contributed by atoms with E-state index in [2.05, 4.69) is 15.7 Å². The minimum absolute atomic E-state index is 0.0132. The number of carbonyl (C=O) groups is 3. The van der Waals surface area contributed by atoms with Crippen molar-refractivity contribution in [2.24, 2.45) is 0 Å². The number of benzene rings is 4. The highest BCUT2D eigenvalue weighted by Crippen LogP contribution is 2.38. The number of hydrogen-bond donors (Lipinski definition) is 4. The first-order valence-corrected chi connectivity index (χ1v) is 18.3. The van der Waals surface area contributed by atoms with Gasteiger partial charge in [0.25, 0.3) is 5.91 Å². The number of likely N-dealkylation sites (N-methyl/N-ethyl adjacent to an activating group) is 1.